The predicted octanol–water partition coefficient (Wildman–Crippen LogP) is 1.26. The molecule has 5 nitrogen and oxygen atoms in total. The maximum atomic E-state index is 10.6. The molecule has 1 heterocycles. The third-order valence-corrected chi connectivity index (χ3v) is 2.08. The average molecular weight is 273 g/mol. The molecule has 0 aliphatic rings. The van der Waals surface area contributed by atoms with E-state index >= 15 is 0 Å². The Kier molecular flexibility index (Phi) is 4.02. The molecular formula is C9H13BrN4O. The summed E-state index contributed by atoms with van der Waals surface area (Å²) in [7, 11) is 0. The Morgan fingerprint density at radius 2 is 2.27 bits per heavy atom. The van der Waals surface area contributed by atoms with Gasteiger partial charge in [0.2, 0.25) is 5.91 Å². The lowest BCUT2D eigenvalue weighted by Crippen LogP contribution is -2.22. The molecule has 1 aromatic rings. The van der Waals surface area contributed by atoms with Crippen molar-refractivity contribution in [3.8, 4) is 0 Å². The standard InChI is InChI=1S/C9H13BrN4O/c1-5(2)9-13-6(10)3-8(14-9)12-4-7(11)15/h3,5H,4H2,1-2H3,(H2,11,15)(H,12,13,14). The second-order valence-corrected chi connectivity index (χ2v) is 4.22. The molecule has 0 aliphatic carbocycles. The molecule has 0 aromatic carbocycles. The van der Waals surface area contributed by atoms with Gasteiger partial charge in [-0.1, -0.05) is 13.8 Å². The smallest absolute Gasteiger partial charge is 0.236 e. The molecule has 0 bridgehead atoms. The van der Waals surface area contributed by atoms with Crippen molar-refractivity contribution in [2.24, 2.45) is 5.73 Å². The summed E-state index contributed by atoms with van der Waals surface area (Å²) in [6, 6.07) is 1.70. The van der Waals surface area contributed by atoms with Gasteiger partial charge in [-0.25, -0.2) is 9.97 Å². The Labute approximate surface area is 96.6 Å². The van der Waals surface area contributed by atoms with Gasteiger partial charge in [-0.3, -0.25) is 4.79 Å². The van der Waals surface area contributed by atoms with Crippen molar-refractivity contribution in [1.82, 2.24) is 9.97 Å². The van der Waals surface area contributed by atoms with Crippen LogP contribution >= 0.6 is 15.9 Å². The van der Waals surface area contributed by atoms with Gasteiger partial charge < -0.3 is 11.1 Å². The van der Waals surface area contributed by atoms with Crippen molar-refractivity contribution in [1.29, 1.82) is 0 Å². The van der Waals surface area contributed by atoms with Gasteiger partial charge in [0.05, 0.1) is 6.54 Å². The van der Waals surface area contributed by atoms with Crippen molar-refractivity contribution < 1.29 is 4.79 Å². The summed E-state index contributed by atoms with van der Waals surface area (Å²) in [6.07, 6.45) is 0. The molecule has 82 valence electrons. The summed E-state index contributed by atoms with van der Waals surface area (Å²) < 4.78 is 0.688. The second kappa shape index (κ2) is 5.06. The van der Waals surface area contributed by atoms with Crippen LogP contribution in [0.25, 0.3) is 0 Å². The normalized spacial score (nSPS) is 10.4. The van der Waals surface area contributed by atoms with E-state index < -0.39 is 5.91 Å². The number of amides is 1. The van der Waals surface area contributed by atoms with Crippen LogP contribution in [0.4, 0.5) is 5.82 Å². The molecule has 0 unspecified atom stereocenters. The molecule has 0 saturated heterocycles. The highest BCUT2D eigenvalue weighted by molar-refractivity contribution is 9.10. The van der Waals surface area contributed by atoms with Crippen LogP contribution in [0.5, 0.6) is 0 Å². The SMILES string of the molecule is CC(C)c1nc(Br)cc(NCC(N)=O)n1. The Hall–Kier alpha value is -1.17. The molecule has 0 aliphatic heterocycles. The first-order valence-corrected chi connectivity index (χ1v) is 5.35. The third kappa shape index (κ3) is 3.83. The molecule has 0 fully saturated rings. The fourth-order valence-electron chi connectivity index (χ4n) is 0.962. The van der Waals surface area contributed by atoms with Crippen LogP contribution in [0.3, 0.4) is 0 Å². The number of nitrogens with two attached hydrogens (primary N) is 1. The van der Waals surface area contributed by atoms with Crippen LogP contribution in [-0.4, -0.2) is 22.4 Å². The number of carbonyl (C=O) groups is 1. The lowest BCUT2D eigenvalue weighted by atomic mass is 10.2. The summed E-state index contributed by atoms with van der Waals surface area (Å²) in [6.45, 7) is 4.07. The van der Waals surface area contributed by atoms with Crippen molar-refractivity contribution in [2.45, 2.75) is 19.8 Å². The molecule has 15 heavy (non-hydrogen) atoms. The number of carbonyl (C=O) groups excluding carboxylic acids is 1. The van der Waals surface area contributed by atoms with E-state index in [4.69, 9.17) is 5.73 Å². The highest BCUT2D eigenvalue weighted by atomic mass is 79.9. The summed E-state index contributed by atoms with van der Waals surface area (Å²) >= 11 is 3.28. The van der Waals surface area contributed by atoms with E-state index in [2.05, 4.69) is 31.2 Å². The summed E-state index contributed by atoms with van der Waals surface area (Å²) in [5.74, 6) is 1.13. The van der Waals surface area contributed by atoms with Crippen molar-refractivity contribution >= 4 is 27.7 Å². The molecule has 3 N–H and O–H groups in total. The summed E-state index contributed by atoms with van der Waals surface area (Å²) in [4.78, 5) is 19.0. The summed E-state index contributed by atoms with van der Waals surface area (Å²) in [5, 5.41) is 2.82. The molecule has 0 spiro atoms. The highest BCUT2D eigenvalue weighted by Crippen LogP contribution is 2.16. The molecule has 0 saturated carbocycles. The van der Waals surface area contributed by atoms with Crippen molar-refractivity contribution in [2.75, 3.05) is 11.9 Å². The highest BCUT2D eigenvalue weighted by Gasteiger charge is 2.06. The lowest BCUT2D eigenvalue weighted by Gasteiger charge is -2.08. The first kappa shape index (κ1) is 11.9. The lowest BCUT2D eigenvalue weighted by molar-refractivity contribution is -0.116. The van der Waals surface area contributed by atoms with Crippen LogP contribution in [-0.2, 0) is 4.79 Å². The van der Waals surface area contributed by atoms with Gasteiger partial charge in [0, 0.05) is 12.0 Å². The maximum absolute atomic E-state index is 10.6. The zero-order valence-corrected chi connectivity index (χ0v) is 10.2. The fourth-order valence-corrected chi connectivity index (χ4v) is 1.36. The molecule has 6 heteroatoms. The van der Waals surface area contributed by atoms with E-state index in [0.29, 0.717) is 10.4 Å². The van der Waals surface area contributed by atoms with E-state index in [1.54, 1.807) is 6.07 Å². The topological polar surface area (TPSA) is 80.9 Å². The zero-order chi connectivity index (χ0) is 11.4. The quantitative estimate of drug-likeness (QED) is 0.809. The van der Waals surface area contributed by atoms with E-state index in [1.165, 1.54) is 0 Å². The van der Waals surface area contributed by atoms with Gasteiger partial charge >= 0.3 is 0 Å². The minimum absolute atomic E-state index is 0.0704. The molecule has 1 amide bonds. The minimum atomic E-state index is -0.421. The molecule has 0 radical (unpaired) electrons. The number of nitrogens with zero attached hydrogens (tertiary/aromatic N) is 2. The number of nitrogens with one attached hydrogen (secondary N) is 1. The molecule has 1 aromatic heterocycles. The number of aromatic nitrogens is 2. The van der Waals surface area contributed by atoms with Crippen LogP contribution in [0, 0.1) is 0 Å². The third-order valence-electron chi connectivity index (χ3n) is 1.67. The Morgan fingerprint density at radius 3 is 2.80 bits per heavy atom. The van der Waals surface area contributed by atoms with Gasteiger partial charge in [0.25, 0.3) is 0 Å². The van der Waals surface area contributed by atoms with Gasteiger partial charge in [-0.15, -0.1) is 0 Å². The number of halogens is 1. The first-order chi connectivity index (χ1) is 6.99. The maximum Gasteiger partial charge on any atom is 0.236 e. The van der Waals surface area contributed by atoms with Crippen LogP contribution in [0.15, 0.2) is 10.7 Å². The van der Waals surface area contributed by atoms with E-state index in [0.717, 1.165) is 5.82 Å². The predicted molar refractivity (Wildman–Crippen MR) is 61.5 cm³/mol. The number of anilines is 1. The Morgan fingerprint density at radius 1 is 1.60 bits per heavy atom. The van der Waals surface area contributed by atoms with Gasteiger partial charge in [-0.2, -0.15) is 0 Å². The van der Waals surface area contributed by atoms with Crippen molar-refractivity contribution in [3.05, 3.63) is 16.5 Å². The van der Waals surface area contributed by atoms with E-state index in [-0.39, 0.29) is 12.5 Å². The largest absolute Gasteiger partial charge is 0.368 e. The van der Waals surface area contributed by atoms with Crippen LogP contribution in [0.1, 0.15) is 25.6 Å². The van der Waals surface area contributed by atoms with E-state index in [1.807, 2.05) is 13.8 Å². The number of hydrogen-bond acceptors (Lipinski definition) is 4. The van der Waals surface area contributed by atoms with Gasteiger partial charge in [-0.05, 0) is 15.9 Å². The van der Waals surface area contributed by atoms with Crippen molar-refractivity contribution in [3.63, 3.8) is 0 Å². The summed E-state index contributed by atoms with van der Waals surface area (Å²) in [5.41, 5.74) is 5.02. The minimum Gasteiger partial charge on any atom is -0.368 e. The van der Waals surface area contributed by atoms with Crippen LogP contribution in [0.2, 0.25) is 0 Å². The average Bonchev–Trinajstić information content (AvgIpc) is 2.13. The van der Waals surface area contributed by atoms with Gasteiger partial charge in [0.1, 0.15) is 16.2 Å². The number of primary amides is 1. The Balaban J connectivity index is 2.84. The molecule has 0 atom stereocenters. The van der Waals surface area contributed by atoms with Gasteiger partial charge in [0.15, 0.2) is 0 Å². The Bertz CT molecular complexity index is 367. The fraction of sp³-hybridized carbons (Fsp3) is 0.444. The zero-order valence-electron chi connectivity index (χ0n) is 8.62. The van der Waals surface area contributed by atoms with E-state index in [9.17, 15) is 4.79 Å². The monoisotopic (exact) mass is 272 g/mol. The number of rotatable bonds is 4. The first-order valence-electron chi connectivity index (χ1n) is 4.55. The molecular weight excluding hydrogens is 260 g/mol. The molecule has 1 rings (SSSR count). The number of hydrogen-bond donors (Lipinski definition) is 2. The second-order valence-electron chi connectivity index (χ2n) is 3.41. The van der Waals surface area contributed by atoms with Crippen LogP contribution < -0.4 is 11.1 Å².